The highest BCUT2D eigenvalue weighted by molar-refractivity contribution is 5.38. The van der Waals surface area contributed by atoms with Gasteiger partial charge in [-0.15, -0.1) is 0 Å². The summed E-state index contributed by atoms with van der Waals surface area (Å²) in [5, 5.41) is 3.44. The minimum Gasteiger partial charge on any atom is -0.313 e. The number of nitrogens with one attached hydrogen (secondary N) is 1. The van der Waals surface area contributed by atoms with Gasteiger partial charge in [0.1, 0.15) is 0 Å². The molecule has 0 aliphatic heterocycles. The molecule has 1 nitrogen and oxygen atoms in total. The van der Waals surface area contributed by atoms with Crippen molar-refractivity contribution < 1.29 is 0 Å². The van der Waals surface area contributed by atoms with Gasteiger partial charge in [0, 0.05) is 6.04 Å². The molecule has 1 aromatic rings. The molecule has 0 bridgehead atoms. The van der Waals surface area contributed by atoms with Crippen LogP contribution in [0.2, 0.25) is 0 Å². The Labute approximate surface area is 99.3 Å². The summed E-state index contributed by atoms with van der Waals surface area (Å²) in [6.07, 6.45) is 3.84. The number of hydrogen-bond acceptors (Lipinski definition) is 1. The van der Waals surface area contributed by atoms with Crippen LogP contribution in [0.25, 0.3) is 0 Å². The Morgan fingerprint density at radius 1 is 1.25 bits per heavy atom. The van der Waals surface area contributed by atoms with E-state index in [9.17, 15) is 0 Å². The highest BCUT2D eigenvalue weighted by Gasteiger charge is 2.21. The first kappa shape index (κ1) is 11.7. The fourth-order valence-electron chi connectivity index (χ4n) is 2.57. The predicted octanol–water partition coefficient (Wildman–Crippen LogP) is 3.58. The second-order valence-corrected chi connectivity index (χ2v) is 5.90. The number of hydrogen-bond donors (Lipinski definition) is 1. The van der Waals surface area contributed by atoms with Crippen molar-refractivity contribution in [1.82, 2.24) is 5.32 Å². The van der Waals surface area contributed by atoms with Crippen LogP contribution in [-0.4, -0.2) is 7.05 Å². The Hall–Kier alpha value is -0.820. The van der Waals surface area contributed by atoms with Gasteiger partial charge in [-0.2, -0.15) is 0 Å². The first-order valence-electron chi connectivity index (χ1n) is 6.33. The van der Waals surface area contributed by atoms with Crippen LogP contribution in [0.1, 0.15) is 56.3 Å². The van der Waals surface area contributed by atoms with Crippen molar-refractivity contribution >= 4 is 0 Å². The molecule has 1 aliphatic rings. The molecule has 2 rings (SSSR count). The van der Waals surface area contributed by atoms with Crippen LogP contribution in [0.15, 0.2) is 18.2 Å². The third-order valence-electron chi connectivity index (χ3n) is 3.67. The second kappa shape index (κ2) is 4.21. The Bertz CT molecular complexity index is 374. The molecule has 0 fully saturated rings. The van der Waals surface area contributed by atoms with Crippen molar-refractivity contribution in [1.29, 1.82) is 0 Å². The molecule has 1 N–H and O–H groups in total. The van der Waals surface area contributed by atoms with Gasteiger partial charge in [-0.1, -0.05) is 39.0 Å². The number of benzene rings is 1. The molecule has 1 heteroatoms. The van der Waals surface area contributed by atoms with E-state index in [0.717, 1.165) is 0 Å². The molecule has 1 aromatic carbocycles. The van der Waals surface area contributed by atoms with Gasteiger partial charge in [-0.05, 0) is 48.4 Å². The van der Waals surface area contributed by atoms with Gasteiger partial charge in [0.05, 0.1) is 0 Å². The van der Waals surface area contributed by atoms with Crippen molar-refractivity contribution in [2.24, 2.45) is 0 Å². The number of aryl methyl sites for hydroxylation is 1. The van der Waals surface area contributed by atoms with Gasteiger partial charge in [-0.25, -0.2) is 0 Å². The van der Waals surface area contributed by atoms with E-state index in [1.165, 1.54) is 30.4 Å². The van der Waals surface area contributed by atoms with Gasteiger partial charge < -0.3 is 5.32 Å². The van der Waals surface area contributed by atoms with E-state index in [1.54, 1.807) is 5.56 Å². The highest BCUT2D eigenvalue weighted by atomic mass is 14.9. The molecule has 0 saturated heterocycles. The second-order valence-electron chi connectivity index (χ2n) is 5.90. The smallest absolute Gasteiger partial charge is 0.0320 e. The topological polar surface area (TPSA) is 12.0 Å². The van der Waals surface area contributed by atoms with Gasteiger partial charge in [0.15, 0.2) is 0 Å². The fraction of sp³-hybridized carbons (Fsp3) is 0.600. The maximum absolute atomic E-state index is 3.44. The zero-order valence-corrected chi connectivity index (χ0v) is 10.9. The summed E-state index contributed by atoms with van der Waals surface area (Å²) in [4.78, 5) is 0. The molecule has 0 heterocycles. The van der Waals surface area contributed by atoms with E-state index in [0.29, 0.717) is 6.04 Å². The largest absolute Gasteiger partial charge is 0.313 e. The molecule has 0 radical (unpaired) electrons. The SMILES string of the molecule is CNC1CCCc2ccc(C(C)(C)C)cc21. The maximum Gasteiger partial charge on any atom is 0.0320 e. The van der Waals surface area contributed by atoms with E-state index in [1.807, 2.05) is 0 Å². The van der Waals surface area contributed by atoms with Crippen LogP contribution < -0.4 is 5.32 Å². The summed E-state index contributed by atoms with van der Waals surface area (Å²) >= 11 is 0. The van der Waals surface area contributed by atoms with Crippen molar-refractivity contribution in [3.63, 3.8) is 0 Å². The Kier molecular flexibility index (Phi) is 3.07. The Morgan fingerprint density at radius 3 is 2.62 bits per heavy atom. The van der Waals surface area contributed by atoms with Gasteiger partial charge >= 0.3 is 0 Å². The molecule has 1 aliphatic carbocycles. The lowest BCUT2D eigenvalue weighted by molar-refractivity contribution is 0.493. The van der Waals surface area contributed by atoms with E-state index >= 15 is 0 Å². The zero-order valence-electron chi connectivity index (χ0n) is 10.9. The summed E-state index contributed by atoms with van der Waals surface area (Å²) in [5.74, 6) is 0. The van der Waals surface area contributed by atoms with Crippen LogP contribution in [0, 0.1) is 0 Å². The van der Waals surface area contributed by atoms with E-state index < -0.39 is 0 Å². The lowest BCUT2D eigenvalue weighted by Crippen LogP contribution is -2.23. The molecular formula is C15H23N. The quantitative estimate of drug-likeness (QED) is 0.758. The Balaban J connectivity index is 2.43. The van der Waals surface area contributed by atoms with Crippen LogP contribution in [0.5, 0.6) is 0 Å². The van der Waals surface area contributed by atoms with Crippen LogP contribution in [0.3, 0.4) is 0 Å². The standard InChI is InChI=1S/C15H23N/c1-15(2,3)12-9-8-11-6-5-7-14(16-4)13(11)10-12/h8-10,14,16H,5-7H2,1-4H3. The van der Waals surface area contributed by atoms with E-state index in [-0.39, 0.29) is 5.41 Å². The summed E-state index contributed by atoms with van der Waals surface area (Å²) in [6.45, 7) is 6.85. The van der Waals surface area contributed by atoms with Gasteiger partial charge in [0.25, 0.3) is 0 Å². The molecule has 0 amide bonds. The van der Waals surface area contributed by atoms with Gasteiger partial charge in [0.2, 0.25) is 0 Å². The minimum absolute atomic E-state index is 0.255. The maximum atomic E-state index is 3.44. The zero-order chi connectivity index (χ0) is 11.8. The van der Waals surface area contributed by atoms with Crippen LogP contribution in [0.4, 0.5) is 0 Å². The first-order chi connectivity index (χ1) is 7.52. The van der Waals surface area contributed by atoms with Crippen LogP contribution in [-0.2, 0) is 11.8 Å². The third-order valence-corrected chi connectivity index (χ3v) is 3.67. The van der Waals surface area contributed by atoms with Crippen molar-refractivity contribution in [3.8, 4) is 0 Å². The monoisotopic (exact) mass is 217 g/mol. The summed E-state index contributed by atoms with van der Waals surface area (Å²) < 4.78 is 0. The molecule has 0 saturated carbocycles. The average Bonchev–Trinajstić information content (AvgIpc) is 2.26. The summed E-state index contributed by atoms with van der Waals surface area (Å²) in [7, 11) is 2.07. The number of fused-ring (bicyclic) bond motifs is 1. The lowest BCUT2D eigenvalue weighted by atomic mass is 9.81. The van der Waals surface area contributed by atoms with Crippen molar-refractivity contribution in [2.75, 3.05) is 7.05 Å². The third kappa shape index (κ3) is 2.15. The molecule has 1 unspecified atom stereocenters. The predicted molar refractivity (Wildman–Crippen MR) is 69.9 cm³/mol. The van der Waals surface area contributed by atoms with Crippen molar-refractivity contribution in [3.05, 3.63) is 34.9 Å². The van der Waals surface area contributed by atoms with E-state index in [2.05, 4.69) is 51.3 Å². The van der Waals surface area contributed by atoms with Crippen molar-refractivity contribution in [2.45, 2.75) is 51.5 Å². The minimum atomic E-state index is 0.255. The first-order valence-corrected chi connectivity index (χ1v) is 6.33. The fourth-order valence-corrected chi connectivity index (χ4v) is 2.57. The van der Waals surface area contributed by atoms with Gasteiger partial charge in [-0.3, -0.25) is 0 Å². The molecule has 16 heavy (non-hydrogen) atoms. The summed E-state index contributed by atoms with van der Waals surface area (Å²) in [6, 6.07) is 7.61. The average molecular weight is 217 g/mol. The molecular weight excluding hydrogens is 194 g/mol. The lowest BCUT2D eigenvalue weighted by Gasteiger charge is -2.28. The molecule has 88 valence electrons. The molecule has 0 aromatic heterocycles. The molecule has 1 atom stereocenters. The number of rotatable bonds is 1. The van der Waals surface area contributed by atoms with E-state index in [4.69, 9.17) is 0 Å². The highest BCUT2D eigenvalue weighted by Crippen LogP contribution is 2.33. The normalized spacial score (nSPS) is 20.6. The Morgan fingerprint density at radius 2 is 2.00 bits per heavy atom. The molecule has 0 spiro atoms. The summed E-state index contributed by atoms with van der Waals surface area (Å²) in [5.41, 5.74) is 4.78. The van der Waals surface area contributed by atoms with Crippen LogP contribution >= 0.6 is 0 Å².